The molecule has 0 unspecified atom stereocenters. The number of amides is 1. The maximum Gasteiger partial charge on any atom is 0.294 e. The summed E-state index contributed by atoms with van der Waals surface area (Å²) in [6.45, 7) is 4.33. The molecule has 0 atom stereocenters. The minimum absolute atomic E-state index is 0.246. The molecule has 2 aliphatic rings. The molecule has 0 radical (unpaired) electrons. The average Bonchev–Trinajstić information content (AvgIpc) is 3.50. The van der Waals surface area contributed by atoms with E-state index in [1.165, 1.54) is 31.4 Å². The van der Waals surface area contributed by atoms with Crippen LogP contribution in [-0.2, 0) is 7.05 Å². The zero-order valence-electron chi connectivity index (χ0n) is 17.9. The number of carbonyl (C=O) groups is 1. The van der Waals surface area contributed by atoms with E-state index in [4.69, 9.17) is 4.52 Å². The average molecular weight is 407 g/mol. The Morgan fingerprint density at radius 1 is 1.10 bits per heavy atom. The number of rotatable bonds is 4. The van der Waals surface area contributed by atoms with Crippen LogP contribution in [-0.4, -0.2) is 39.7 Å². The van der Waals surface area contributed by atoms with Crippen molar-refractivity contribution in [3.63, 3.8) is 0 Å². The molecule has 5 rings (SSSR count). The van der Waals surface area contributed by atoms with Crippen LogP contribution >= 0.6 is 0 Å². The van der Waals surface area contributed by atoms with Crippen LogP contribution < -0.4 is 5.32 Å². The van der Waals surface area contributed by atoms with Crippen LogP contribution in [0.5, 0.6) is 0 Å². The number of hydrogen-bond donors (Lipinski definition) is 1. The highest BCUT2D eigenvalue weighted by Crippen LogP contribution is 2.32. The van der Waals surface area contributed by atoms with Gasteiger partial charge in [-0.25, -0.2) is 0 Å². The zero-order valence-corrected chi connectivity index (χ0v) is 17.9. The van der Waals surface area contributed by atoms with Crippen LogP contribution in [0.25, 0.3) is 10.9 Å². The monoisotopic (exact) mass is 406 g/mol. The zero-order chi connectivity index (χ0) is 20.7. The Balaban J connectivity index is 1.22. The van der Waals surface area contributed by atoms with Gasteiger partial charge in [-0.3, -0.25) is 4.79 Å². The smallest absolute Gasteiger partial charge is 0.294 e. The van der Waals surface area contributed by atoms with Gasteiger partial charge in [-0.15, -0.1) is 0 Å². The van der Waals surface area contributed by atoms with Crippen molar-refractivity contribution >= 4 is 22.5 Å². The van der Waals surface area contributed by atoms with E-state index in [9.17, 15) is 4.79 Å². The highest BCUT2D eigenvalue weighted by Gasteiger charge is 2.29. The molecule has 1 saturated carbocycles. The van der Waals surface area contributed by atoms with Crippen molar-refractivity contribution in [2.75, 3.05) is 18.4 Å². The van der Waals surface area contributed by atoms with Gasteiger partial charge in [0.25, 0.3) is 5.91 Å². The molecule has 30 heavy (non-hydrogen) atoms. The Morgan fingerprint density at radius 3 is 2.63 bits per heavy atom. The number of aryl methyl sites for hydroxylation is 2. The summed E-state index contributed by atoms with van der Waals surface area (Å²) >= 11 is 0. The fourth-order valence-electron chi connectivity index (χ4n) is 5.18. The molecular formula is C24H30N4O2. The molecule has 3 heterocycles. The van der Waals surface area contributed by atoms with Gasteiger partial charge in [0.15, 0.2) is 0 Å². The van der Waals surface area contributed by atoms with Crippen molar-refractivity contribution in [2.24, 2.45) is 7.05 Å². The molecule has 1 amide bonds. The predicted octanol–water partition coefficient (Wildman–Crippen LogP) is 4.85. The first-order valence-electron chi connectivity index (χ1n) is 11.2. The van der Waals surface area contributed by atoms with Crippen LogP contribution in [0.2, 0.25) is 0 Å². The molecule has 1 N–H and O–H groups in total. The lowest BCUT2D eigenvalue weighted by Crippen LogP contribution is -2.39. The molecule has 3 aromatic rings. The van der Waals surface area contributed by atoms with Gasteiger partial charge in [0, 0.05) is 47.4 Å². The van der Waals surface area contributed by atoms with Gasteiger partial charge in [-0.1, -0.05) is 18.0 Å². The molecule has 1 aliphatic heterocycles. The molecule has 2 fully saturated rings. The lowest BCUT2D eigenvalue weighted by atomic mass is 9.92. The van der Waals surface area contributed by atoms with Crippen molar-refractivity contribution < 1.29 is 9.32 Å². The third kappa shape index (κ3) is 3.65. The summed E-state index contributed by atoms with van der Waals surface area (Å²) in [6, 6.07) is 10.7. The van der Waals surface area contributed by atoms with Crippen molar-refractivity contribution in [1.82, 2.24) is 14.6 Å². The fourth-order valence-corrected chi connectivity index (χ4v) is 5.18. The highest BCUT2D eigenvalue weighted by atomic mass is 16.5. The molecular weight excluding hydrogens is 376 g/mol. The summed E-state index contributed by atoms with van der Waals surface area (Å²) in [4.78, 5) is 15.3. The van der Waals surface area contributed by atoms with E-state index in [0.29, 0.717) is 5.92 Å². The quantitative estimate of drug-likeness (QED) is 0.673. The Kier molecular flexibility index (Phi) is 5.11. The van der Waals surface area contributed by atoms with E-state index in [-0.39, 0.29) is 11.7 Å². The van der Waals surface area contributed by atoms with Gasteiger partial charge in [0.1, 0.15) is 0 Å². The second-order valence-electron chi connectivity index (χ2n) is 8.94. The number of benzene rings is 1. The molecule has 6 nitrogen and oxygen atoms in total. The molecule has 158 valence electrons. The molecule has 6 heteroatoms. The standard InChI is InChI=1S/C24H30N4O2/c1-16-13-18-14-19(7-8-22(18)27(16)2)25-24(29)23-15-21(26-30-23)17-9-11-28(12-10-17)20-5-3-4-6-20/h7-8,13-15,17,20H,3-6,9-12H2,1-2H3,(H,25,29). The first kappa shape index (κ1) is 19.4. The summed E-state index contributed by atoms with van der Waals surface area (Å²) in [7, 11) is 2.05. The minimum atomic E-state index is -0.246. The number of nitrogens with zero attached hydrogens (tertiary/aromatic N) is 3. The fraction of sp³-hybridized carbons (Fsp3) is 0.500. The Hall–Kier alpha value is -2.60. The highest BCUT2D eigenvalue weighted by molar-refractivity contribution is 6.03. The van der Waals surface area contributed by atoms with E-state index in [1.807, 2.05) is 31.3 Å². The van der Waals surface area contributed by atoms with Gasteiger partial charge in [0.05, 0.1) is 5.69 Å². The lowest BCUT2D eigenvalue weighted by molar-refractivity contribution is 0.0987. The number of likely N-dealkylation sites (tertiary alicyclic amines) is 1. The SMILES string of the molecule is Cc1cc2cc(NC(=O)c3cc(C4CCN(C5CCCC5)CC4)no3)ccc2n1C. The van der Waals surface area contributed by atoms with E-state index in [1.54, 1.807) is 0 Å². The summed E-state index contributed by atoms with van der Waals surface area (Å²) < 4.78 is 7.55. The van der Waals surface area contributed by atoms with Gasteiger partial charge in [0.2, 0.25) is 5.76 Å². The molecule has 1 aliphatic carbocycles. The van der Waals surface area contributed by atoms with Crippen LogP contribution in [0.15, 0.2) is 34.9 Å². The third-order valence-corrected chi connectivity index (χ3v) is 7.08. The first-order chi connectivity index (χ1) is 14.6. The Bertz CT molecular complexity index is 1050. The van der Waals surface area contributed by atoms with Gasteiger partial charge >= 0.3 is 0 Å². The van der Waals surface area contributed by atoms with Crippen LogP contribution in [0.4, 0.5) is 5.69 Å². The molecule has 0 bridgehead atoms. The summed E-state index contributed by atoms with van der Waals surface area (Å²) in [6.07, 6.45) is 7.65. The molecule has 2 aromatic heterocycles. The molecule has 0 spiro atoms. The largest absolute Gasteiger partial charge is 0.351 e. The summed E-state index contributed by atoms with van der Waals surface area (Å²) in [5.41, 5.74) is 4.02. The maximum atomic E-state index is 12.7. The minimum Gasteiger partial charge on any atom is -0.351 e. The van der Waals surface area contributed by atoms with Crippen LogP contribution in [0.3, 0.4) is 0 Å². The first-order valence-corrected chi connectivity index (χ1v) is 11.2. The van der Waals surface area contributed by atoms with Crippen LogP contribution in [0.1, 0.15) is 66.4 Å². The lowest BCUT2D eigenvalue weighted by Gasteiger charge is -2.35. The summed E-state index contributed by atoms with van der Waals surface area (Å²) in [5.74, 6) is 0.424. The van der Waals surface area contributed by atoms with E-state index < -0.39 is 0 Å². The number of carbonyl (C=O) groups excluding carboxylic acids is 1. The van der Waals surface area contributed by atoms with Gasteiger partial charge in [-0.2, -0.15) is 0 Å². The van der Waals surface area contributed by atoms with E-state index >= 15 is 0 Å². The van der Waals surface area contributed by atoms with E-state index in [0.717, 1.165) is 54.3 Å². The van der Waals surface area contributed by atoms with E-state index in [2.05, 4.69) is 32.9 Å². The topological polar surface area (TPSA) is 63.3 Å². The summed E-state index contributed by atoms with van der Waals surface area (Å²) in [5, 5.41) is 8.29. The third-order valence-electron chi connectivity index (χ3n) is 7.08. The van der Waals surface area contributed by atoms with Crippen molar-refractivity contribution in [3.05, 3.63) is 47.5 Å². The normalized spacial score (nSPS) is 19.0. The predicted molar refractivity (Wildman–Crippen MR) is 118 cm³/mol. The Morgan fingerprint density at radius 2 is 1.87 bits per heavy atom. The Labute approximate surface area is 177 Å². The van der Waals surface area contributed by atoms with Gasteiger partial charge < -0.3 is 19.3 Å². The molecule has 1 saturated heterocycles. The number of aromatic nitrogens is 2. The van der Waals surface area contributed by atoms with Crippen LogP contribution in [0, 0.1) is 6.92 Å². The second-order valence-corrected chi connectivity index (χ2v) is 8.94. The number of nitrogens with one attached hydrogen (secondary N) is 1. The van der Waals surface area contributed by atoms with Crippen molar-refractivity contribution in [3.8, 4) is 0 Å². The number of piperidine rings is 1. The second kappa shape index (κ2) is 7.91. The molecule has 1 aromatic carbocycles. The maximum absolute atomic E-state index is 12.7. The van der Waals surface area contributed by atoms with Crippen molar-refractivity contribution in [2.45, 2.75) is 57.4 Å². The van der Waals surface area contributed by atoms with Gasteiger partial charge in [-0.05, 0) is 70.0 Å². The number of hydrogen-bond acceptors (Lipinski definition) is 4. The number of fused-ring (bicyclic) bond motifs is 1. The van der Waals surface area contributed by atoms with Crippen molar-refractivity contribution in [1.29, 1.82) is 0 Å². The number of anilines is 1.